The molecule has 1 unspecified atom stereocenters. The van der Waals surface area contributed by atoms with Crippen molar-refractivity contribution in [3.8, 4) is 5.75 Å². The van der Waals surface area contributed by atoms with Gasteiger partial charge in [0.15, 0.2) is 0 Å². The van der Waals surface area contributed by atoms with Gasteiger partial charge in [-0.2, -0.15) is 0 Å². The SMILES string of the molecule is CCOc1ccc(C(O)c2cc(Cl)ccc2C)cc1. The molecule has 0 saturated carbocycles. The molecule has 3 heteroatoms. The van der Waals surface area contributed by atoms with Gasteiger partial charge >= 0.3 is 0 Å². The minimum atomic E-state index is -0.672. The van der Waals surface area contributed by atoms with E-state index in [1.807, 2.05) is 50.2 Å². The van der Waals surface area contributed by atoms with Gasteiger partial charge < -0.3 is 9.84 Å². The van der Waals surface area contributed by atoms with Crippen LogP contribution in [0.3, 0.4) is 0 Å². The molecule has 0 aliphatic carbocycles. The van der Waals surface area contributed by atoms with Crippen molar-refractivity contribution in [2.75, 3.05) is 6.61 Å². The van der Waals surface area contributed by atoms with E-state index in [1.165, 1.54) is 0 Å². The van der Waals surface area contributed by atoms with E-state index >= 15 is 0 Å². The van der Waals surface area contributed by atoms with Gasteiger partial charge in [0.2, 0.25) is 0 Å². The summed E-state index contributed by atoms with van der Waals surface area (Å²) in [4.78, 5) is 0. The summed E-state index contributed by atoms with van der Waals surface area (Å²) < 4.78 is 5.39. The van der Waals surface area contributed by atoms with Crippen LogP contribution in [0.25, 0.3) is 0 Å². The summed E-state index contributed by atoms with van der Waals surface area (Å²) in [6, 6.07) is 13.0. The van der Waals surface area contributed by atoms with Crippen LogP contribution in [-0.2, 0) is 0 Å². The maximum absolute atomic E-state index is 10.4. The summed E-state index contributed by atoms with van der Waals surface area (Å²) in [7, 11) is 0. The fraction of sp³-hybridized carbons (Fsp3) is 0.250. The van der Waals surface area contributed by atoms with Crippen molar-refractivity contribution in [1.82, 2.24) is 0 Å². The first kappa shape index (κ1) is 13.9. The van der Waals surface area contributed by atoms with Crippen LogP contribution in [-0.4, -0.2) is 11.7 Å². The third kappa shape index (κ3) is 3.28. The largest absolute Gasteiger partial charge is 0.494 e. The Kier molecular flexibility index (Phi) is 4.46. The summed E-state index contributed by atoms with van der Waals surface area (Å²) in [6.45, 7) is 4.54. The van der Waals surface area contributed by atoms with Gasteiger partial charge in [-0.15, -0.1) is 0 Å². The van der Waals surface area contributed by atoms with Crippen LogP contribution in [0.4, 0.5) is 0 Å². The molecule has 0 heterocycles. The van der Waals surface area contributed by atoms with Gasteiger partial charge in [-0.3, -0.25) is 0 Å². The Morgan fingerprint density at radius 3 is 2.47 bits per heavy atom. The van der Waals surface area contributed by atoms with E-state index in [-0.39, 0.29) is 0 Å². The van der Waals surface area contributed by atoms with Crippen LogP contribution in [0.5, 0.6) is 5.75 Å². The van der Waals surface area contributed by atoms with Crippen molar-refractivity contribution in [3.05, 3.63) is 64.2 Å². The second-order valence-electron chi connectivity index (χ2n) is 4.41. The van der Waals surface area contributed by atoms with Gasteiger partial charge in [-0.25, -0.2) is 0 Å². The molecular weight excluding hydrogens is 260 g/mol. The Balaban J connectivity index is 2.27. The molecule has 19 heavy (non-hydrogen) atoms. The van der Waals surface area contributed by atoms with Gasteiger partial charge in [0, 0.05) is 5.02 Å². The molecule has 0 radical (unpaired) electrons. The lowest BCUT2D eigenvalue weighted by Crippen LogP contribution is -2.02. The Morgan fingerprint density at radius 2 is 1.84 bits per heavy atom. The van der Waals surface area contributed by atoms with Gasteiger partial charge in [0.25, 0.3) is 0 Å². The number of ether oxygens (including phenoxy) is 1. The molecule has 2 nitrogen and oxygen atoms in total. The van der Waals surface area contributed by atoms with Crippen LogP contribution in [0.1, 0.15) is 29.7 Å². The molecule has 2 aromatic carbocycles. The molecule has 2 rings (SSSR count). The van der Waals surface area contributed by atoms with Gasteiger partial charge in [-0.1, -0.05) is 29.8 Å². The highest BCUT2D eigenvalue weighted by Crippen LogP contribution is 2.28. The zero-order valence-corrected chi connectivity index (χ0v) is 11.8. The summed E-state index contributed by atoms with van der Waals surface area (Å²) >= 11 is 5.98. The number of aryl methyl sites for hydroxylation is 1. The molecular formula is C16H17ClO2. The Bertz CT molecular complexity index is 549. The summed E-state index contributed by atoms with van der Waals surface area (Å²) in [5.74, 6) is 0.807. The highest BCUT2D eigenvalue weighted by atomic mass is 35.5. The number of aliphatic hydroxyl groups is 1. The minimum absolute atomic E-state index is 0.630. The molecule has 0 aromatic heterocycles. The van der Waals surface area contributed by atoms with Crippen molar-refractivity contribution in [2.45, 2.75) is 20.0 Å². The Hall–Kier alpha value is -1.51. The number of hydrogen-bond acceptors (Lipinski definition) is 2. The van der Waals surface area contributed by atoms with Crippen LogP contribution in [0, 0.1) is 6.92 Å². The third-order valence-electron chi connectivity index (χ3n) is 3.04. The van der Waals surface area contributed by atoms with Crippen LogP contribution >= 0.6 is 11.6 Å². The molecule has 0 aliphatic rings. The van der Waals surface area contributed by atoms with Crippen LogP contribution in [0.2, 0.25) is 5.02 Å². The molecule has 0 spiro atoms. The van der Waals surface area contributed by atoms with E-state index in [0.717, 1.165) is 22.4 Å². The average molecular weight is 277 g/mol. The van der Waals surface area contributed by atoms with Gasteiger partial charge in [0.05, 0.1) is 6.61 Å². The van der Waals surface area contributed by atoms with Crippen molar-refractivity contribution in [3.63, 3.8) is 0 Å². The second kappa shape index (κ2) is 6.09. The molecule has 2 aromatic rings. The molecule has 1 atom stereocenters. The van der Waals surface area contributed by atoms with Crippen molar-refractivity contribution in [1.29, 1.82) is 0 Å². The topological polar surface area (TPSA) is 29.5 Å². The summed E-state index contributed by atoms with van der Waals surface area (Å²) in [5, 5.41) is 11.0. The van der Waals surface area contributed by atoms with E-state index < -0.39 is 6.10 Å². The zero-order chi connectivity index (χ0) is 13.8. The van der Waals surface area contributed by atoms with Crippen molar-refractivity contribution < 1.29 is 9.84 Å². The molecule has 0 saturated heterocycles. The molecule has 1 N–H and O–H groups in total. The summed E-state index contributed by atoms with van der Waals surface area (Å²) in [5.41, 5.74) is 2.68. The lowest BCUT2D eigenvalue weighted by Gasteiger charge is -2.15. The normalized spacial score (nSPS) is 12.2. The monoisotopic (exact) mass is 276 g/mol. The van der Waals surface area contributed by atoms with E-state index in [1.54, 1.807) is 6.07 Å². The standard InChI is InChI=1S/C16H17ClO2/c1-3-19-14-8-5-12(6-9-14)16(18)15-10-13(17)7-4-11(15)2/h4-10,16,18H,3H2,1-2H3. The number of benzene rings is 2. The number of rotatable bonds is 4. The van der Waals surface area contributed by atoms with Gasteiger partial charge in [-0.05, 0) is 54.8 Å². The number of hydrogen-bond donors (Lipinski definition) is 1. The molecule has 0 fully saturated rings. The predicted molar refractivity (Wildman–Crippen MR) is 77.9 cm³/mol. The summed E-state index contributed by atoms with van der Waals surface area (Å²) in [6.07, 6.45) is -0.672. The third-order valence-corrected chi connectivity index (χ3v) is 3.28. The Morgan fingerprint density at radius 1 is 1.16 bits per heavy atom. The Labute approximate surface area is 118 Å². The first-order chi connectivity index (χ1) is 9.11. The minimum Gasteiger partial charge on any atom is -0.494 e. The zero-order valence-electron chi connectivity index (χ0n) is 11.1. The van der Waals surface area contributed by atoms with Crippen molar-refractivity contribution >= 4 is 11.6 Å². The second-order valence-corrected chi connectivity index (χ2v) is 4.84. The molecule has 0 bridgehead atoms. The van der Waals surface area contributed by atoms with E-state index in [2.05, 4.69) is 0 Å². The van der Waals surface area contributed by atoms with Crippen LogP contribution < -0.4 is 4.74 Å². The van der Waals surface area contributed by atoms with E-state index in [9.17, 15) is 5.11 Å². The predicted octanol–water partition coefficient (Wildman–Crippen LogP) is 4.13. The molecule has 100 valence electrons. The smallest absolute Gasteiger partial charge is 0.119 e. The maximum Gasteiger partial charge on any atom is 0.119 e. The van der Waals surface area contributed by atoms with Gasteiger partial charge in [0.1, 0.15) is 11.9 Å². The quantitative estimate of drug-likeness (QED) is 0.910. The fourth-order valence-corrected chi connectivity index (χ4v) is 2.18. The van der Waals surface area contributed by atoms with E-state index in [4.69, 9.17) is 16.3 Å². The van der Waals surface area contributed by atoms with Crippen molar-refractivity contribution in [2.24, 2.45) is 0 Å². The highest BCUT2D eigenvalue weighted by Gasteiger charge is 2.13. The number of aliphatic hydroxyl groups excluding tert-OH is 1. The fourth-order valence-electron chi connectivity index (χ4n) is 2.00. The molecule has 0 amide bonds. The maximum atomic E-state index is 10.4. The lowest BCUT2D eigenvalue weighted by atomic mass is 9.97. The molecule has 0 aliphatic heterocycles. The first-order valence-corrected chi connectivity index (χ1v) is 6.66. The highest BCUT2D eigenvalue weighted by molar-refractivity contribution is 6.30. The first-order valence-electron chi connectivity index (χ1n) is 6.28. The van der Waals surface area contributed by atoms with E-state index in [0.29, 0.717) is 11.6 Å². The average Bonchev–Trinajstić information content (AvgIpc) is 2.42. The van der Waals surface area contributed by atoms with Crippen LogP contribution in [0.15, 0.2) is 42.5 Å². The lowest BCUT2D eigenvalue weighted by molar-refractivity contribution is 0.219. The number of halogens is 1.